The fourth-order valence-electron chi connectivity index (χ4n) is 0.245. The van der Waals surface area contributed by atoms with Crippen molar-refractivity contribution in [3.63, 3.8) is 0 Å². The van der Waals surface area contributed by atoms with Crippen LogP contribution in [0.2, 0.25) is 0 Å². The van der Waals surface area contributed by atoms with Crippen molar-refractivity contribution in [1.29, 1.82) is 0 Å². The summed E-state index contributed by atoms with van der Waals surface area (Å²) in [6.45, 7) is 0. The monoisotopic (exact) mass is 167 g/mol. The van der Waals surface area contributed by atoms with Crippen molar-refractivity contribution in [2.24, 2.45) is 5.73 Å². The summed E-state index contributed by atoms with van der Waals surface area (Å²) in [5.41, 5.74) is 5.22. The molecule has 0 aliphatic rings. The number of hydrogen-bond acceptors (Lipinski definition) is 5. The minimum Gasteiger partial charge on any atom is -0.454 e. The lowest BCUT2D eigenvalue weighted by atomic mass is 10.4. The highest BCUT2D eigenvalue weighted by atomic mass is 32.1. The lowest BCUT2D eigenvalue weighted by molar-refractivity contribution is -0.142. The van der Waals surface area contributed by atoms with Crippen LogP contribution in [0.25, 0.3) is 0 Å². The highest BCUT2D eigenvalue weighted by molar-refractivity contribution is 7.80. The second-order valence-electron chi connectivity index (χ2n) is 1.38. The van der Waals surface area contributed by atoms with Crippen molar-refractivity contribution >= 4 is 31.2 Å². The van der Waals surface area contributed by atoms with Crippen molar-refractivity contribution in [3.05, 3.63) is 0 Å². The van der Waals surface area contributed by atoms with Gasteiger partial charge in [0.15, 0.2) is 0 Å². The summed E-state index contributed by atoms with van der Waals surface area (Å²) >= 11 is 7.47. The molecule has 54 valence electrons. The molecule has 0 aromatic rings. The Morgan fingerprint density at radius 1 is 1.67 bits per heavy atom. The van der Waals surface area contributed by atoms with Crippen LogP contribution in [0.15, 0.2) is 0 Å². The van der Waals surface area contributed by atoms with Crippen LogP contribution in [0.5, 0.6) is 0 Å². The second kappa shape index (κ2) is 4.96. The number of carbonyl (C=O) groups is 1. The largest absolute Gasteiger partial charge is 0.454 e. The van der Waals surface area contributed by atoms with Gasteiger partial charge in [-0.15, -0.1) is 12.6 Å². The highest BCUT2D eigenvalue weighted by Gasteiger charge is 2.10. The van der Waals surface area contributed by atoms with Gasteiger partial charge in [-0.05, 0) is 0 Å². The van der Waals surface area contributed by atoms with Gasteiger partial charge >= 0.3 is 5.97 Å². The van der Waals surface area contributed by atoms with Gasteiger partial charge in [-0.25, -0.2) is 0 Å². The average molecular weight is 167 g/mol. The van der Waals surface area contributed by atoms with Crippen molar-refractivity contribution in [1.82, 2.24) is 0 Å². The topological polar surface area (TPSA) is 52.3 Å². The predicted octanol–water partition coefficient (Wildman–Crippen LogP) is -0.326. The Morgan fingerprint density at radius 2 is 2.22 bits per heavy atom. The maximum atomic E-state index is 10.5. The molecule has 1 unspecified atom stereocenters. The summed E-state index contributed by atoms with van der Waals surface area (Å²) in [6.07, 6.45) is 0. The van der Waals surface area contributed by atoms with Crippen molar-refractivity contribution in [2.75, 3.05) is 11.7 Å². The molecule has 0 bridgehead atoms. The van der Waals surface area contributed by atoms with Crippen molar-refractivity contribution in [3.8, 4) is 0 Å². The first-order valence-electron chi connectivity index (χ1n) is 2.36. The zero-order chi connectivity index (χ0) is 7.28. The van der Waals surface area contributed by atoms with Crippen LogP contribution >= 0.6 is 25.3 Å². The fourth-order valence-corrected chi connectivity index (χ4v) is 0.522. The van der Waals surface area contributed by atoms with Crippen LogP contribution in [0.1, 0.15) is 0 Å². The van der Waals surface area contributed by atoms with E-state index in [1.165, 1.54) is 0 Å². The summed E-state index contributed by atoms with van der Waals surface area (Å²) in [5.74, 6) is -0.0904. The summed E-state index contributed by atoms with van der Waals surface area (Å²) in [7, 11) is 0. The van der Waals surface area contributed by atoms with E-state index in [0.29, 0.717) is 5.75 Å². The van der Waals surface area contributed by atoms with Crippen molar-refractivity contribution in [2.45, 2.75) is 6.04 Å². The number of hydrogen-bond donors (Lipinski definition) is 3. The maximum absolute atomic E-state index is 10.5. The Hall–Kier alpha value is 0.130. The minimum absolute atomic E-state index is 0.0698. The number of esters is 1. The lowest BCUT2D eigenvalue weighted by Gasteiger charge is -2.05. The van der Waals surface area contributed by atoms with Gasteiger partial charge in [0.25, 0.3) is 0 Å². The first-order valence-corrected chi connectivity index (χ1v) is 3.62. The van der Waals surface area contributed by atoms with E-state index in [4.69, 9.17) is 5.73 Å². The molecule has 0 heterocycles. The number of rotatable bonds is 3. The third-order valence-electron chi connectivity index (χ3n) is 0.706. The molecule has 0 saturated heterocycles. The third kappa shape index (κ3) is 3.66. The summed E-state index contributed by atoms with van der Waals surface area (Å²) in [5, 5.41) is 0. The highest BCUT2D eigenvalue weighted by Crippen LogP contribution is 1.88. The predicted molar refractivity (Wildman–Crippen MR) is 41.8 cm³/mol. The Morgan fingerprint density at radius 3 is 2.56 bits per heavy atom. The molecule has 0 aromatic carbocycles. The van der Waals surface area contributed by atoms with Crippen LogP contribution in [0, 0.1) is 0 Å². The molecule has 0 fully saturated rings. The molecule has 0 radical (unpaired) electrons. The van der Waals surface area contributed by atoms with Crippen molar-refractivity contribution < 1.29 is 9.53 Å². The first kappa shape index (κ1) is 9.13. The number of ether oxygens (including phenoxy) is 1. The van der Waals surface area contributed by atoms with Crippen LogP contribution in [-0.2, 0) is 9.53 Å². The summed E-state index contributed by atoms with van der Waals surface area (Å²) in [6, 6.07) is -0.625. The molecule has 0 rings (SSSR count). The molecule has 0 spiro atoms. The van der Waals surface area contributed by atoms with Crippen LogP contribution < -0.4 is 5.73 Å². The normalized spacial score (nSPS) is 12.8. The van der Waals surface area contributed by atoms with E-state index < -0.39 is 12.0 Å². The average Bonchev–Trinajstić information content (AvgIpc) is 1.87. The zero-order valence-corrected chi connectivity index (χ0v) is 6.57. The van der Waals surface area contributed by atoms with Crippen LogP contribution in [0.3, 0.4) is 0 Å². The fraction of sp³-hybridized carbons (Fsp3) is 0.750. The standard InChI is InChI=1S/C4H9NO2S2/c5-3(1-8)4(6)7-2-9/h3,8-9H,1-2,5H2. The molecule has 0 aliphatic carbocycles. The number of thiol groups is 2. The quantitative estimate of drug-likeness (QED) is 0.306. The van der Waals surface area contributed by atoms with Gasteiger partial charge in [-0.2, -0.15) is 12.6 Å². The molecular formula is C4H9NO2S2. The van der Waals surface area contributed by atoms with Gasteiger partial charge < -0.3 is 10.5 Å². The van der Waals surface area contributed by atoms with E-state index in [1.54, 1.807) is 0 Å². The van der Waals surface area contributed by atoms with Gasteiger partial charge in [-0.1, -0.05) is 0 Å². The lowest BCUT2D eigenvalue weighted by Crippen LogP contribution is -2.33. The Bertz CT molecular complexity index is 98.6. The van der Waals surface area contributed by atoms with Crippen LogP contribution in [0.4, 0.5) is 0 Å². The minimum atomic E-state index is -0.625. The second-order valence-corrected chi connectivity index (χ2v) is 2.00. The van der Waals surface area contributed by atoms with E-state index in [2.05, 4.69) is 30.0 Å². The van der Waals surface area contributed by atoms with Gasteiger partial charge in [0, 0.05) is 5.75 Å². The molecule has 0 aromatic heterocycles. The molecule has 0 saturated carbocycles. The van der Waals surface area contributed by atoms with E-state index in [9.17, 15) is 4.79 Å². The zero-order valence-electron chi connectivity index (χ0n) is 4.78. The smallest absolute Gasteiger partial charge is 0.324 e. The molecule has 0 amide bonds. The van der Waals surface area contributed by atoms with E-state index in [1.807, 2.05) is 0 Å². The molecule has 2 N–H and O–H groups in total. The Labute approximate surface area is 64.8 Å². The molecular weight excluding hydrogens is 158 g/mol. The van der Waals surface area contributed by atoms with E-state index in [-0.39, 0.29) is 5.94 Å². The van der Waals surface area contributed by atoms with Gasteiger partial charge in [-0.3, -0.25) is 4.79 Å². The molecule has 3 nitrogen and oxygen atoms in total. The van der Waals surface area contributed by atoms with Gasteiger partial charge in [0.1, 0.15) is 12.0 Å². The molecule has 9 heavy (non-hydrogen) atoms. The van der Waals surface area contributed by atoms with Crippen LogP contribution in [-0.4, -0.2) is 23.7 Å². The molecule has 0 aliphatic heterocycles. The maximum Gasteiger partial charge on any atom is 0.324 e. The van der Waals surface area contributed by atoms with Gasteiger partial charge in [0.2, 0.25) is 0 Å². The van der Waals surface area contributed by atoms with E-state index in [0.717, 1.165) is 0 Å². The Balaban J connectivity index is 3.46. The molecule has 5 heteroatoms. The third-order valence-corrected chi connectivity index (χ3v) is 1.23. The van der Waals surface area contributed by atoms with Gasteiger partial charge in [0.05, 0.1) is 0 Å². The summed E-state index contributed by atoms with van der Waals surface area (Å²) < 4.78 is 4.45. The number of nitrogens with two attached hydrogens (primary N) is 1. The number of carbonyl (C=O) groups excluding carboxylic acids is 1. The Kier molecular flexibility index (Phi) is 5.03. The van der Waals surface area contributed by atoms with E-state index >= 15 is 0 Å². The first-order chi connectivity index (χ1) is 4.22. The summed E-state index contributed by atoms with van der Waals surface area (Å²) in [4.78, 5) is 10.5. The molecule has 1 atom stereocenters. The SMILES string of the molecule is NC(CS)C(=O)OCS.